The summed E-state index contributed by atoms with van der Waals surface area (Å²) in [5.74, 6) is -4.68. The number of carbonyl (C=O) groups is 1. The van der Waals surface area contributed by atoms with Gasteiger partial charge >= 0.3 is 0 Å². The number of nitrogens with zero attached hydrogens (tertiary/aromatic N) is 2. The molecule has 0 bridgehead atoms. The zero-order chi connectivity index (χ0) is 17.0. The molecular formula is C15H13ClF3N3O. The van der Waals surface area contributed by atoms with Crippen molar-refractivity contribution in [3.63, 3.8) is 0 Å². The molecule has 0 radical (unpaired) electrons. The highest BCUT2D eigenvalue weighted by Crippen LogP contribution is 2.27. The molecule has 0 aliphatic carbocycles. The van der Waals surface area contributed by atoms with Crippen molar-refractivity contribution in [2.24, 2.45) is 0 Å². The topological polar surface area (TPSA) is 54.9 Å². The van der Waals surface area contributed by atoms with Crippen molar-refractivity contribution in [2.45, 2.75) is 19.3 Å². The van der Waals surface area contributed by atoms with E-state index < -0.39 is 29.8 Å². The molecule has 23 heavy (non-hydrogen) atoms. The Morgan fingerprint density at radius 2 is 2.13 bits per heavy atom. The maximum Gasteiger partial charge on any atom is 0.290 e. The van der Waals surface area contributed by atoms with Gasteiger partial charge in [0.1, 0.15) is 17.3 Å². The Hall–Kier alpha value is -2.15. The van der Waals surface area contributed by atoms with E-state index in [0.29, 0.717) is 12.2 Å². The summed E-state index contributed by atoms with van der Waals surface area (Å²) in [5, 5.41) is 2.03. The van der Waals surface area contributed by atoms with E-state index in [4.69, 9.17) is 11.6 Å². The second-order valence-corrected chi connectivity index (χ2v) is 5.14. The Morgan fingerprint density at radius 3 is 2.78 bits per heavy atom. The number of hydrogen-bond donors (Lipinski definition) is 1. The summed E-state index contributed by atoms with van der Waals surface area (Å²) < 4.78 is 41.1. The predicted molar refractivity (Wildman–Crippen MR) is 79.0 cm³/mol. The van der Waals surface area contributed by atoms with E-state index in [0.717, 1.165) is 18.2 Å². The molecule has 4 nitrogen and oxygen atoms in total. The van der Waals surface area contributed by atoms with Crippen LogP contribution in [0, 0.1) is 5.82 Å². The monoisotopic (exact) mass is 343 g/mol. The molecule has 0 fully saturated rings. The highest BCUT2D eigenvalue weighted by atomic mass is 35.5. The summed E-state index contributed by atoms with van der Waals surface area (Å²) in [7, 11) is 0. The molecule has 0 aliphatic heterocycles. The third-order valence-corrected chi connectivity index (χ3v) is 3.32. The number of nitrogens with one attached hydrogen (secondary N) is 1. The van der Waals surface area contributed by atoms with Crippen molar-refractivity contribution in [1.29, 1.82) is 0 Å². The molecule has 1 aromatic heterocycles. The van der Waals surface area contributed by atoms with Crippen LogP contribution in [0.5, 0.6) is 0 Å². The smallest absolute Gasteiger partial charge is 0.290 e. The summed E-state index contributed by atoms with van der Waals surface area (Å²) in [4.78, 5) is 19.8. The summed E-state index contributed by atoms with van der Waals surface area (Å²) in [6.07, 6.45) is 1.71. The van der Waals surface area contributed by atoms with Crippen LogP contribution in [0.15, 0.2) is 30.5 Å². The van der Waals surface area contributed by atoms with Gasteiger partial charge in [0, 0.05) is 12.0 Å². The molecule has 0 saturated carbocycles. The quantitative estimate of drug-likeness (QED) is 0.905. The minimum Gasteiger partial charge on any atom is -0.344 e. The molecule has 1 heterocycles. The van der Waals surface area contributed by atoms with Crippen molar-refractivity contribution >= 4 is 17.5 Å². The predicted octanol–water partition coefficient (Wildman–Crippen LogP) is 3.35. The molecule has 0 saturated heterocycles. The maximum atomic E-state index is 14.0. The zero-order valence-electron chi connectivity index (χ0n) is 12.1. The van der Waals surface area contributed by atoms with Crippen LogP contribution in [0.1, 0.15) is 28.8 Å². The lowest BCUT2D eigenvalue weighted by atomic mass is 10.1. The van der Waals surface area contributed by atoms with Crippen molar-refractivity contribution in [3.05, 3.63) is 58.4 Å². The van der Waals surface area contributed by atoms with E-state index >= 15 is 0 Å². The first-order valence-corrected chi connectivity index (χ1v) is 7.14. The van der Waals surface area contributed by atoms with Crippen molar-refractivity contribution in [1.82, 2.24) is 15.3 Å². The van der Waals surface area contributed by atoms with Gasteiger partial charge in [-0.3, -0.25) is 4.79 Å². The van der Waals surface area contributed by atoms with E-state index in [9.17, 15) is 18.0 Å². The molecule has 1 amide bonds. The Kier molecular flexibility index (Phi) is 5.20. The number of aromatic nitrogens is 2. The van der Waals surface area contributed by atoms with Crippen LogP contribution in [0.4, 0.5) is 13.2 Å². The fraction of sp³-hybridized carbons (Fsp3) is 0.267. The molecule has 8 heteroatoms. The van der Waals surface area contributed by atoms with Crippen LogP contribution in [0.2, 0.25) is 5.02 Å². The molecule has 0 unspecified atom stereocenters. The molecular weight excluding hydrogens is 331 g/mol. The van der Waals surface area contributed by atoms with Gasteiger partial charge in [-0.2, -0.15) is 8.78 Å². The standard InChI is InChI=1S/C15H13ClF3N3O/c1-2-12-20-7-11(16)13(22-12)14(23)21-8-15(18,19)9-4-3-5-10(17)6-9/h3-7H,2,8H2,1H3,(H,21,23). The van der Waals surface area contributed by atoms with Crippen LogP contribution >= 0.6 is 11.6 Å². The number of carbonyl (C=O) groups excluding carboxylic acids is 1. The summed E-state index contributed by atoms with van der Waals surface area (Å²) in [5.41, 5.74) is -0.700. The zero-order valence-corrected chi connectivity index (χ0v) is 12.9. The van der Waals surface area contributed by atoms with E-state index in [-0.39, 0.29) is 10.7 Å². The number of aryl methyl sites for hydroxylation is 1. The second-order valence-electron chi connectivity index (χ2n) is 4.73. The van der Waals surface area contributed by atoms with Crippen molar-refractivity contribution < 1.29 is 18.0 Å². The molecule has 0 atom stereocenters. The lowest BCUT2D eigenvalue weighted by Crippen LogP contribution is -2.35. The van der Waals surface area contributed by atoms with Crippen molar-refractivity contribution in [3.8, 4) is 0 Å². The number of benzene rings is 1. The number of hydrogen-bond acceptors (Lipinski definition) is 3. The van der Waals surface area contributed by atoms with Crippen LogP contribution in [-0.2, 0) is 12.3 Å². The van der Waals surface area contributed by atoms with Crippen LogP contribution in [0.25, 0.3) is 0 Å². The summed E-state index contributed by atoms with van der Waals surface area (Å²) in [6.45, 7) is 0.778. The average molecular weight is 344 g/mol. The number of amides is 1. The molecule has 2 rings (SSSR count). The number of rotatable bonds is 5. The first-order chi connectivity index (χ1) is 10.8. The van der Waals surface area contributed by atoms with E-state index in [1.54, 1.807) is 6.92 Å². The van der Waals surface area contributed by atoms with Crippen LogP contribution in [0.3, 0.4) is 0 Å². The lowest BCUT2D eigenvalue weighted by molar-refractivity contribution is -0.00279. The molecule has 122 valence electrons. The Labute approximate surface area is 135 Å². The molecule has 2 aromatic rings. The largest absolute Gasteiger partial charge is 0.344 e. The van der Waals surface area contributed by atoms with Gasteiger partial charge in [0.05, 0.1) is 17.8 Å². The first-order valence-electron chi connectivity index (χ1n) is 6.77. The van der Waals surface area contributed by atoms with Crippen molar-refractivity contribution in [2.75, 3.05) is 6.54 Å². The Balaban J connectivity index is 2.12. The fourth-order valence-corrected chi connectivity index (χ4v) is 2.00. The highest BCUT2D eigenvalue weighted by molar-refractivity contribution is 6.33. The Morgan fingerprint density at radius 1 is 1.39 bits per heavy atom. The van der Waals surface area contributed by atoms with Gasteiger partial charge < -0.3 is 5.32 Å². The van der Waals surface area contributed by atoms with Gasteiger partial charge in [-0.05, 0) is 12.1 Å². The van der Waals surface area contributed by atoms with Crippen LogP contribution < -0.4 is 5.32 Å². The first kappa shape index (κ1) is 17.2. The number of halogens is 4. The Bertz CT molecular complexity index is 725. The van der Waals surface area contributed by atoms with Gasteiger partial charge in [0.25, 0.3) is 11.8 Å². The van der Waals surface area contributed by atoms with Gasteiger partial charge in [0.2, 0.25) is 0 Å². The molecule has 1 N–H and O–H groups in total. The number of alkyl halides is 2. The lowest BCUT2D eigenvalue weighted by Gasteiger charge is -2.17. The summed E-state index contributed by atoms with van der Waals surface area (Å²) in [6, 6.07) is 4.04. The molecule has 1 aromatic carbocycles. The molecule has 0 aliphatic rings. The average Bonchev–Trinajstić information content (AvgIpc) is 2.53. The van der Waals surface area contributed by atoms with E-state index in [1.807, 2.05) is 0 Å². The van der Waals surface area contributed by atoms with Gasteiger partial charge in [-0.25, -0.2) is 14.4 Å². The maximum absolute atomic E-state index is 14.0. The third kappa shape index (κ3) is 4.19. The van der Waals surface area contributed by atoms with E-state index in [2.05, 4.69) is 15.3 Å². The minimum absolute atomic E-state index is 0.0335. The van der Waals surface area contributed by atoms with E-state index in [1.165, 1.54) is 12.3 Å². The highest BCUT2D eigenvalue weighted by Gasteiger charge is 2.32. The minimum atomic E-state index is -3.43. The second kappa shape index (κ2) is 6.95. The SMILES string of the molecule is CCc1ncc(Cl)c(C(=O)NCC(F)(F)c2cccc(F)c2)n1. The molecule has 0 spiro atoms. The van der Waals surface area contributed by atoms with Gasteiger partial charge in [0.15, 0.2) is 0 Å². The van der Waals surface area contributed by atoms with Crippen LogP contribution in [-0.4, -0.2) is 22.4 Å². The van der Waals surface area contributed by atoms with Gasteiger partial charge in [-0.1, -0.05) is 30.7 Å². The fourth-order valence-electron chi connectivity index (χ4n) is 1.83. The third-order valence-electron chi connectivity index (χ3n) is 3.04. The summed E-state index contributed by atoms with van der Waals surface area (Å²) >= 11 is 5.81. The normalized spacial score (nSPS) is 11.3. The van der Waals surface area contributed by atoms with Gasteiger partial charge in [-0.15, -0.1) is 0 Å².